The van der Waals surface area contributed by atoms with E-state index in [9.17, 15) is 13.2 Å². The summed E-state index contributed by atoms with van der Waals surface area (Å²) < 4.78 is 36.9. The van der Waals surface area contributed by atoms with Gasteiger partial charge in [-0.15, -0.1) is 0 Å². The normalized spacial score (nSPS) is 22.9. The summed E-state index contributed by atoms with van der Waals surface area (Å²) in [5, 5.41) is 8.19. The molecule has 2 unspecified atom stereocenters. The van der Waals surface area contributed by atoms with Gasteiger partial charge in [0.15, 0.2) is 21.2 Å². The highest BCUT2D eigenvalue weighted by Crippen LogP contribution is 2.32. The van der Waals surface area contributed by atoms with Crippen molar-refractivity contribution in [3.63, 3.8) is 0 Å². The summed E-state index contributed by atoms with van der Waals surface area (Å²) in [4.78, 5) is 17.9. The lowest BCUT2D eigenvalue weighted by Gasteiger charge is -2.13. The standard InChI is InChI=1S/C21H24N4O5S/c1-13-19-16(21(26)22-11-15-4-2-7-29-15)10-17(18-5-3-8-30-18)23-20(19)25(24-13)14-6-9-31(27,28)12-14/h3,5,8,10,14-15H,2,4,6-7,9,11-12H2,1H3,(H,22,26). The Morgan fingerprint density at radius 2 is 2.23 bits per heavy atom. The number of aryl methyl sites for hydroxylation is 1. The highest BCUT2D eigenvalue weighted by Gasteiger charge is 2.32. The fourth-order valence-corrected chi connectivity index (χ4v) is 6.06. The molecule has 2 saturated heterocycles. The number of carbonyl (C=O) groups is 1. The van der Waals surface area contributed by atoms with Crippen LogP contribution in [0.4, 0.5) is 0 Å². The number of furan rings is 1. The molecule has 2 atom stereocenters. The number of aromatic nitrogens is 3. The second-order valence-corrected chi connectivity index (χ2v) is 10.4. The lowest BCUT2D eigenvalue weighted by molar-refractivity contribution is 0.0859. The Kier molecular flexibility index (Phi) is 5.05. The van der Waals surface area contributed by atoms with Gasteiger partial charge in [-0.25, -0.2) is 18.1 Å². The SMILES string of the molecule is Cc1nn(C2CCS(=O)(=O)C2)c2nc(-c3ccco3)cc(C(=O)NCC3CCCO3)c12. The first-order valence-electron chi connectivity index (χ1n) is 10.5. The topological polar surface area (TPSA) is 116 Å². The number of fused-ring (bicyclic) bond motifs is 1. The van der Waals surface area contributed by atoms with Crippen LogP contribution in [-0.2, 0) is 14.6 Å². The molecule has 0 spiro atoms. The lowest BCUT2D eigenvalue weighted by Crippen LogP contribution is -2.32. The van der Waals surface area contributed by atoms with Gasteiger partial charge in [-0.1, -0.05) is 0 Å². The second kappa shape index (κ2) is 7.76. The molecule has 1 N–H and O–H groups in total. The molecule has 2 aliphatic rings. The summed E-state index contributed by atoms with van der Waals surface area (Å²) in [5.74, 6) is 0.443. The molecule has 0 bridgehead atoms. The number of amides is 1. The van der Waals surface area contributed by atoms with Gasteiger partial charge in [0.2, 0.25) is 0 Å². The Hall–Kier alpha value is -2.72. The van der Waals surface area contributed by atoms with E-state index in [0.717, 1.165) is 19.4 Å². The van der Waals surface area contributed by atoms with Gasteiger partial charge in [0.05, 0.1) is 46.6 Å². The highest BCUT2D eigenvalue weighted by molar-refractivity contribution is 7.91. The molecule has 3 aromatic rings. The van der Waals surface area contributed by atoms with Gasteiger partial charge in [0, 0.05) is 13.2 Å². The summed E-state index contributed by atoms with van der Waals surface area (Å²) in [7, 11) is -3.10. The monoisotopic (exact) mass is 444 g/mol. The Morgan fingerprint density at radius 1 is 1.35 bits per heavy atom. The van der Waals surface area contributed by atoms with Crippen LogP contribution in [0.1, 0.15) is 41.4 Å². The fourth-order valence-electron chi connectivity index (χ4n) is 4.37. The second-order valence-electron chi connectivity index (χ2n) is 8.16. The van der Waals surface area contributed by atoms with Crippen molar-refractivity contribution in [2.45, 2.75) is 38.3 Å². The third kappa shape index (κ3) is 3.85. The number of carbonyl (C=O) groups excluding carboxylic acids is 1. The number of ether oxygens (including phenoxy) is 1. The van der Waals surface area contributed by atoms with Crippen LogP contribution >= 0.6 is 0 Å². The Labute approximate surface area is 179 Å². The van der Waals surface area contributed by atoms with Crippen LogP contribution in [0.15, 0.2) is 28.9 Å². The van der Waals surface area contributed by atoms with Gasteiger partial charge in [0.1, 0.15) is 5.69 Å². The first-order valence-corrected chi connectivity index (χ1v) is 12.3. The largest absolute Gasteiger partial charge is 0.463 e. The molecule has 0 radical (unpaired) electrons. The fraction of sp³-hybridized carbons (Fsp3) is 0.476. The third-order valence-corrected chi connectivity index (χ3v) is 7.67. The molecule has 1 amide bonds. The Morgan fingerprint density at radius 3 is 2.90 bits per heavy atom. The van der Waals surface area contributed by atoms with Crippen LogP contribution in [0, 0.1) is 6.92 Å². The highest BCUT2D eigenvalue weighted by atomic mass is 32.2. The van der Waals surface area contributed by atoms with Crippen LogP contribution in [-0.4, -0.2) is 59.9 Å². The first-order chi connectivity index (χ1) is 14.9. The molecular weight excluding hydrogens is 420 g/mol. The zero-order valence-electron chi connectivity index (χ0n) is 17.2. The van der Waals surface area contributed by atoms with E-state index in [1.807, 2.05) is 6.92 Å². The van der Waals surface area contributed by atoms with E-state index in [2.05, 4.69) is 10.4 Å². The van der Waals surface area contributed by atoms with Crippen molar-refractivity contribution < 1.29 is 22.4 Å². The van der Waals surface area contributed by atoms with E-state index in [1.54, 1.807) is 29.1 Å². The smallest absolute Gasteiger partial charge is 0.252 e. The predicted molar refractivity (Wildman–Crippen MR) is 114 cm³/mol. The van der Waals surface area contributed by atoms with E-state index in [-0.39, 0.29) is 29.6 Å². The minimum atomic E-state index is -3.10. The first kappa shape index (κ1) is 20.2. The zero-order valence-corrected chi connectivity index (χ0v) is 18.0. The molecule has 2 fully saturated rings. The molecule has 10 heteroatoms. The number of rotatable bonds is 5. The summed E-state index contributed by atoms with van der Waals surface area (Å²) in [6, 6.07) is 4.93. The maximum absolute atomic E-state index is 13.2. The van der Waals surface area contributed by atoms with Crippen LogP contribution in [0.25, 0.3) is 22.5 Å². The number of hydrogen-bond donors (Lipinski definition) is 1. The van der Waals surface area contributed by atoms with E-state index in [1.165, 1.54) is 0 Å². The molecule has 164 valence electrons. The molecule has 31 heavy (non-hydrogen) atoms. The minimum Gasteiger partial charge on any atom is -0.463 e. The van der Waals surface area contributed by atoms with Crippen molar-refractivity contribution in [3.05, 3.63) is 35.7 Å². The molecule has 9 nitrogen and oxygen atoms in total. The van der Waals surface area contributed by atoms with Gasteiger partial charge in [-0.3, -0.25) is 4.79 Å². The van der Waals surface area contributed by atoms with Gasteiger partial charge < -0.3 is 14.5 Å². The average Bonchev–Trinajstić information content (AvgIpc) is 3.53. The van der Waals surface area contributed by atoms with Gasteiger partial charge in [-0.05, 0) is 44.4 Å². The molecule has 3 aromatic heterocycles. The molecule has 2 aliphatic heterocycles. The summed E-state index contributed by atoms with van der Waals surface area (Å²) in [6.07, 6.45) is 3.98. The van der Waals surface area contributed by atoms with Crippen molar-refractivity contribution in [1.82, 2.24) is 20.1 Å². The van der Waals surface area contributed by atoms with Crippen molar-refractivity contribution in [1.29, 1.82) is 0 Å². The maximum atomic E-state index is 13.2. The van der Waals surface area contributed by atoms with Crippen LogP contribution < -0.4 is 5.32 Å². The number of pyridine rings is 1. The van der Waals surface area contributed by atoms with Crippen LogP contribution in [0.5, 0.6) is 0 Å². The number of sulfone groups is 1. The maximum Gasteiger partial charge on any atom is 0.252 e. The van der Waals surface area contributed by atoms with E-state index in [4.69, 9.17) is 14.1 Å². The quantitative estimate of drug-likeness (QED) is 0.642. The molecule has 5 rings (SSSR count). The predicted octanol–water partition coefficient (Wildman–Crippen LogP) is 2.27. The van der Waals surface area contributed by atoms with Crippen molar-refractivity contribution in [2.24, 2.45) is 0 Å². The summed E-state index contributed by atoms with van der Waals surface area (Å²) in [5.41, 5.74) is 2.08. The number of nitrogens with zero attached hydrogens (tertiary/aromatic N) is 3. The van der Waals surface area contributed by atoms with E-state index < -0.39 is 9.84 Å². The van der Waals surface area contributed by atoms with E-state index in [0.29, 0.717) is 46.7 Å². The van der Waals surface area contributed by atoms with Crippen molar-refractivity contribution in [2.75, 3.05) is 24.7 Å². The molecule has 0 aromatic carbocycles. The number of hydrogen-bond acceptors (Lipinski definition) is 7. The minimum absolute atomic E-state index is 0.0242. The van der Waals surface area contributed by atoms with Crippen molar-refractivity contribution in [3.8, 4) is 11.5 Å². The van der Waals surface area contributed by atoms with Crippen LogP contribution in [0.3, 0.4) is 0 Å². The summed E-state index contributed by atoms with van der Waals surface area (Å²) >= 11 is 0. The Balaban J connectivity index is 1.59. The van der Waals surface area contributed by atoms with Gasteiger partial charge in [0.25, 0.3) is 5.91 Å². The number of nitrogens with one attached hydrogen (secondary N) is 1. The molecule has 0 saturated carbocycles. The zero-order chi connectivity index (χ0) is 21.6. The summed E-state index contributed by atoms with van der Waals surface area (Å²) in [6.45, 7) is 2.97. The third-order valence-electron chi connectivity index (χ3n) is 5.92. The Bertz CT molecular complexity index is 1230. The van der Waals surface area contributed by atoms with Crippen LogP contribution in [0.2, 0.25) is 0 Å². The van der Waals surface area contributed by atoms with Gasteiger partial charge >= 0.3 is 0 Å². The molecule has 0 aliphatic carbocycles. The van der Waals surface area contributed by atoms with E-state index >= 15 is 0 Å². The lowest BCUT2D eigenvalue weighted by atomic mass is 10.1. The van der Waals surface area contributed by atoms with Gasteiger partial charge in [-0.2, -0.15) is 5.10 Å². The molecule has 5 heterocycles. The average molecular weight is 445 g/mol. The molecular formula is C21H24N4O5S. The van der Waals surface area contributed by atoms with Crippen molar-refractivity contribution >= 4 is 26.8 Å².